The lowest BCUT2D eigenvalue weighted by Gasteiger charge is -2.27. The second kappa shape index (κ2) is 5.92. The summed E-state index contributed by atoms with van der Waals surface area (Å²) >= 11 is 0. The van der Waals surface area contributed by atoms with Gasteiger partial charge in [0, 0.05) is 12.5 Å². The number of aliphatic hydroxyl groups excluding tert-OH is 1. The highest BCUT2D eigenvalue weighted by atomic mass is 19.1. The first-order valence-corrected chi connectivity index (χ1v) is 6.97. The van der Waals surface area contributed by atoms with E-state index in [1.165, 1.54) is 5.56 Å². The molecule has 1 aliphatic heterocycles. The Kier molecular flexibility index (Phi) is 3.99. The van der Waals surface area contributed by atoms with E-state index in [0.29, 0.717) is 6.61 Å². The maximum absolute atomic E-state index is 13.2. The maximum Gasteiger partial charge on any atom is 0.126 e. The first kappa shape index (κ1) is 14.2. The van der Waals surface area contributed by atoms with E-state index in [1.807, 2.05) is 24.3 Å². The molecule has 0 aromatic heterocycles. The summed E-state index contributed by atoms with van der Waals surface area (Å²) in [5, 5.41) is 10.2. The highest BCUT2D eigenvalue weighted by molar-refractivity contribution is 5.31. The lowest BCUT2D eigenvalue weighted by molar-refractivity contribution is 0.00364. The summed E-state index contributed by atoms with van der Waals surface area (Å²) in [4.78, 5) is 0. The van der Waals surface area contributed by atoms with Crippen molar-refractivity contribution in [3.8, 4) is 0 Å². The summed E-state index contributed by atoms with van der Waals surface area (Å²) < 4.78 is 32.2. The standard InChI is InChI=1S/C17H16F2O2/c18-13-7-12(8-14(19)9-13)16(20)10-17-15-4-2-1-3-11(15)5-6-21-17/h1-4,7-9,16-17,20H,5-6,10H2. The maximum atomic E-state index is 13.2. The third-order valence-electron chi connectivity index (χ3n) is 3.80. The minimum atomic E-state index is -0.966. The van der Waals surface area contributed by atoms with Crippen molar-refractivity contribution in [1.29, 1.82) is 0 Å². The van der Waals surface area contributed by atoms with Gasteiger partial charge in [0.2, 0.25) is 0 Å². The Morgan fingerprint density at radius 2 is 1.86 bits per heavy atom. The number of aliphatic hydroxyl groups is 1. The van der Waals surface area contributed by atoms with E-state index in [-0.39, 0.29) is 18.1 Å². The zero-order valence-corrected chi connectivity index (χ0v) is 11.4. The average molecular weight is 290 g/mol. The topological polar surface area (TPSA) is 29.5 Å². The summed E-state index contributed by atoms with van der Waals surface area (Å²) in [6.45, 7) is 0.589. The molecular weight excluding hydrogens is 274 g/mol. The fourth-order valence-corrected chi connectivity index (χ4v) is 2.78. The van der Waals surface area contributed by atoms with Crippen LogP contribution in [-0.2, 0) is 11.2 Å². The van der Waals surface area contributed by atoms with E-state index in [1.54, 1.807) is 0 Å². The number of hydrogen-bond acceptors (Lipinski definition) is 2. The molecule has 110 valence electrons. The highest BCUT2D eigenvalue weighted by Gasteiger charge is 2.24. The van der Waals surface area contributed by atoms with Crippen molar-refractivity contribution >= 4 is 0 Å². The number of rotatable bonds is 3. The molecule has 0 fully saturated rings. The van der Waals surface area contributed by atoms with E-state index in [2.05, 4.69) is 0 Å². The van der Waals surface area contributed by atoms with E-state index < -0.39 is 17.7 Å². The summed E-state index contributed by atoms with van der Waals surface area (Å²) in [5.41, 5.74) is 2.48. The third-order valence-corrected chi connectivity index (χ3v) is 3.80. The lowest BCUT2D eigenvalue weighted by atomic mass is 9.92. The fraction of sp³-hybridized carbons (Fsp3) is 0.294. The molecule has 0 radical (unpaired) electrons. The summed E-state index contributed by atoms with van der Waals surface area (Å²) in [6.07, 6.45) is -0.0975. The molecule has 1 N–H and O–H groups in total. The Morgan fingerprint density at radius 3 is 2.62 bits per heavy atom. The van der Waals surface area contributed by atoms with Gasteiger partial charge in [0.25, 0.3) is 0 Å². The molecule has 1 heterocycles. The zero-order valence-electron chi connectivity index (χ0n) is 11.4. The van der Waals surface area contributed by atoms with Crippen LogP contribution in [0.2, 0.25) is 0 Å². The van der Waals surface area contributed by atoms with Gasteiger partial charge in [0.15, 0.2) is 0 Å². The molecule has 0 aliphatic carbocycles. The third kappa shape index (κ3) is 3.12. The summed E-state index contributed by atoms with van der Waals surface area (Å²) in [6, 6.07) is 11.0. The molecule has 0 amide bonds. The second-order valence-corrected chi connectivity index (χ2v) is 5.26. The van der Waals surface area contributed by atoms with E-state index in [9.17, 15) is 13.9 Å². The van der Waals surface area contributed by atoms with Crippen LogP contribution in [0.5, 0.6) is 0 Å². The molecule has 0 saturated heterocycles. The fourth-order valence-electron chi connectivity index (χ4n) is 2.78. The van der Waals surface area contributed by atoms with Crippen molar-refractivity contribution in [3.05, 3.63) is 70.8 Å². The highest BCUT2D eigenvalue weighted by Crippen LogP contribution is 2.34. The monoisotopic (exact) mass is 290 g/mol. The quantitative estimate of drug-likeness (QED) is 0.934. The molecule has 21 heavy (non-hydrogen) atoms. The largest absolute Gasteiger partial charge is 0.388 e. The minimum absolute atomic E-state index is 0.235. The van der Waals surface area contributed by atoms with Crippen LogP contribution in [0.3, 0.4) is 0 Å². The summed E-state index contributed by atoms with van der Waals surface area (Å²) in [7, 11) is 0. The minimum Gasteiger partial charge on any atom is -0.388 e. The lowest BCUT2D eigenvalue weighted by Crippen LogP contribution is -2.18. The van der Waals surface area contributed by atoms with Gasteiger partial charge < -0.3 is 9.84 Å². The van der Waals surface area contributed by atoms with E-state index in [4.69, 9.17) is 4.74 Å². The SMILES string of the molecule is OC(CC1OCCc2ccccc21)c1cc(F)cc(F)c1. The van der Waals surface area contributed by atoms with Gasteiger partial charge in [-0.3, -0.25) is 0 Å². The second-order valence-electron chi connectivity index (χ2n) is 5.26. The van der Waals surface area contributed by atoms with Crippen molar-refractivity contribution in [1.82, 2.24) is 0 Å². The average Bonchev–Trinajstić information content (AvgIpc) is 2.46. The molecule has 0 bridgehead atoms. The first-order valence-electron chi connectivity index (χ1n) is 6.97. The number of benzene rings is 2. The van der Waals surface area contributed by atoms with Crippen molar-refractivity contribution < 1.29 is 18.6 Å². The number of hydrogen-bond donors (Lipinski definition) is 1. The van der Waals surface area contributed by atoms with Gasteiger partial charge in [-0.05, 0) is 35.2 Å². The number of halogens is 2. The van der Waals surface area contributed by atoms with Crippen molar-refractivity contribution in [2.24, 2.45) is 0 Å². The van der Waals surface area contributed by atoms with E-state index >= 15 is 0 Å². The number of ether oxygens (including phenoxy) is 1. The molecule has 2 nitrogen and oxygen atoms in total. The molecule has 4 heteroatoms. The van der Waals surface area contributed by atoms with Crippen LogP contribution in [0.1, 0.15) is 35.3 Å². The predicted molar refractivity (Wildman–Crippen MR) is 74.8 cm³/mol. The van der Waals surface area contributed by atoms with Crippen LogP contribution in [-0.4, -0.2) is 11.7 Å². The van der Waals surface area contributed by atoms with Gasteiger partial charge in [-0.15, -0.1) is 0 Å². The van der Waals surface area contributed by atoms with Gasteiger partial charge >= 0.3 is 0 Å². The molecule has 0 spiro atoms. The summed E-state index contributed by atoms with van der Waals surface area (Å²) in [5.74, 6) is -1.37. The zero-order chi connectivity index (χ0) is 14.8. The smallest absolute Gasteiger partial charge is 0.126 e. The first-order chi connectivity index (χ1) is 10.1. The Bertz CT molecular complexity index is 622. The van der Waals surface area contributed by atoms with Crippen molar-refractivity contribution in [2.45, 2.75) is 25.0 Å². The van der Waals surface area contributed by atoms with E-state index in [0.717, 1.165) is 30.2 Å². The van der Waals surface area contributed by atoms with Crippen LogP contribution >= 0.6 is 0 Å². The molecule has 2 unspecified atom stereocenters. The molecule has 2 atom stereocenters. The van der Waals surface area contributed by atoms with Gasteiger partial charge in [0.1, 0.15) is 11.6 Å². The van der Waals surface area contributed by atoms with Crippen molar-refractivity contribution in [3.63, 3.8) is 0 Å². The Hall–Kier alpha value is -1.78. The molecule has 0 saturated carbocycles. The Morgan fingerprint density at radius 1 is 1.14 bits per heavy atom. The Labute approximate surface area is 122 Å². The van der Waals surface area contributed by atoms with Gasteiger partial charge in [-0.2, -0.15) is 0 Å². The molecular formula is C17H16F2O2. The van der Waals surface area contributed by atoms with Crippen LogP contribution in [0.25, 0.3) is 0 Å². The van der Waals surface area contributed by atoms with Gasteiger partial charge in [-0.25, -0.2) is 8.78 Å². The van der Waals surface area contributed by atoms with Crippen LogP contribution in [0.15, 0.2) is 42.5 Å². The number of fused-ring (bicyclic) bond motifs is 1. The normalized spacial score (nSPS) is 19.1. The van der Waals surface area contributed by atoms with Crippen LogP contribution in [0, 0.1) is 11.6 Å². The van der Waals surface area contributed by atoms with Gasteiger partial charge in [-0.1, -0.05) is 24.3 Å². The van der Waals surface area contributed by atoms with Gasteiger partial charge in [0.05, 0.1) is 18.8 Å². The molecule has 2 aromatic rings. The Balaban J connectivity index is 1.81. The molecule has 1 aliphatic rings. The molecule has 3 rings (SSSR count). The molecule has 2 aromatic carbocycles. The van der Waals surface area contributed by atoms with Crippen molar-refractivity contribution in [2.75, 3.05) is 6.61 Å². The van der Waals surface area contributed by atoms with Crippen LogP contribution in [0.4, 0.5) is 8.78 Å². The van der Waals surface area contributed by atoms with Crippen LogP contribution < -0.4 is 0 Å². The predicted octanol–water partition coefficient (Wildman–Crippen LogP) is 3.70.